The summed E-state index contributed by atoms with van der Waals surface area (Å²) in [6.45, 7) is 11.0. The molecular formula is C39H68N4O21. The van der Waals surface area contributed by atoms with Crippen LogP contribution in [0.1, 0.15) is 61.8 Å². The molecule has 0 bridgehead atoms. The summed E-state index contributed by atoms with van der Waals surface area (Å²) in [6.07, 6.45) is -32.1. The number of amides is 3. The highest BCUT2D eigenvalue weighted by Gasteiger charge is 2.58. The molecule has 0 aromatic rings. The normalized spacial score (nSPS) is 40.9. The van der Waals surface area contributed by atoms with E-state index in [9.17, 15) is 65.1 Å². The molecule has 20 atom stereocenters. The van der Waals surface area contributed by atoms with Crippen LogP contribution < -0.4 is 21.7 Å². The summed E-state index contributed by atoms with van der Waals surface area (Å²) in [5.74, 6) is -3.96. The number of aliphatic carboxylic acids is 1. The maximum Gasteiger partial charge on any atom is 0.335 e. The summed E-state index contributed by atoms with van der Waals surface area (Å²) in [5, 5.41) is 107. The Labute approximate surface area is 369 Å². The second kappa shape index (κ2) is 22.3. The van der Waals surface area contributed by atoms with E-state index in [2.05, 4.69) is 16.0 Å². The number of rotatable bonds is 16. The molecule has 0 aromatic heterocycles. The molecule has 0 aliphatic carbocycles. The maximum atomic E-state index is 13.4. The van der Waals surface area contributed by atoms with Crippen LogP contribution in [0.5, 0.6) is 0 Å². The fraction of sp³-hybridized carbons (Fsp3) is 0.897. The lowest BCUT2D eigenvalue weighted by molar-refractivity contribution is -0.368. The van der Waals surface area contributed by atoms with E-state index in [1.807, 2.05) is 0 Å². The van der Waals surface area contributed by atoms with Gasteiger partial charge in [0.1, 0.15) is 79.3 Å². The number of nitrogens with one attached hydrogen (secondary N) is 3. The second-order valence-corrected chi connectivity index (χ2v) is 18.4. The molecule has 4 rings (SSSR count). The molecule has 0 saturated carbocycles. The van der Waals surface area contributed by atoms with Gasteiger partial charge in [-0.05, 0) is 39.2 Å². The largest absolute Gasteiger partial charge is 0.479 e. The molecule has 25 nitrogen and oxygen atoms in total. The van der Waals surface area contributed by atoms with Gasteiger partial charge in [0, 0.05) is 20.4 Å². The van der Waals surface area contributed by atoms with Crippen LogP contribution in [-0.4, -0.2) is 224 Å². The highest BCUT2D eigenvalue weighted by Crippen LogP contribution is 2.38. The molecule has 0 spiro atoms. The van der Waals surface area contributed by atoms with Crippen LogP contribution in [0.25, 0.3) is 0 Å². The van der Waals surface area contributed by atoms with Gasteiger partial charge in [0.2, 0.25) is 11.8 Å². The van der Waals surface area contributed by atoms with E-state index >= 15 is 0 Å². The van der Waals surface area contributed by atoms with E-state index in [0.29, 0.717) is 6.42 Å². The van der Waals surface area contributed by atoms with E-state index in [1.165, 1.54) is 6.92 Å². The van der Waals surface area contributed by atoms with Gasteiger partial charge in [0.15, 0.2) is 31.1 Å². The summed E-state index contributed by atoms with van der Waals surface area (Å²) in [5.41, 5.74) is 3.83. The van der Waals surface area contributed by atoms with Crippen molar-refractivity contribution in [2.45, 2.75) is 190 Å². The molecule has 4 heterocycles. The molecule has 4 aliphatic heterocycles. The molecule has 14 N–H and O–H groups in total. The molecular weight excluding hydrogens is 860 g/mol. The Hall–Kier alpha value is -2.80. The Bertz CT molecular complexity index is 1570. The Balaban J connectivity index is 1.66. The number of carbonyl (C=O) groups is 4. The molecule has 20 unspecified atom stereocenters. The van der Waals surface area contributed by atoms with Gasteiger partial charge in [-0.25, -0.2) is 4.79 Å². The maximum absolute atomic E-state index is 13.4. The van der Waals surface area contributed by atoms with Crippen molar-refractivity contribution in [2.24, 2.45) is 11.1 Å². The van der Waals surface area contributed by atoms with Crippen molar-refractivity contribution in [3.05, 3.63) is 0 Å². The quantitative estimate of drug-likeness (QED) is 0.0641. The van der Waals surface area contributed by atoms with Crippen LogP contribution in [0, 0.1) is 5.41 Å². The lowest BCUT2D eigenvalue weighted by Gasteiger charge is -2.51. The van der Waals surface area contributed by atoms with Gasteiger partial charge in [-0.2, -0.15) is 0 Å². The van der Waals surface area contributed by atoms with Crippen LogP contribution in [0.3, 0.4) is 0 Å². The smallest absolute Gasteiger partial charge is 0.335 e. The van der Waals surface area contributed by atoms with Gasteiger partial charge in [-0.1, -0.05) is 20.8 Å². The summed E-state index contributed by atoms with van der Waals surface area (Å²) in [6, 6.07) is -2.89. The van der Waals surface area contributed by atoms with Crippen molar-refractivity contribution in [3.63, 3.8) is 0 Å². The fourth-order valence-corrected chi connectivity index (χ4v) is 8.01. The van der Waals surface area contributed by atoms with Crippen LogP contribution in [0.4, 0.5) is 0 Å². The first-order valence-corrected chi connectivity index (χ1v) is 21.1. The Morgan fingerprint density at radius 2 is 1.08 bits per heavy atom. The lowest BCUT2D eigenvalue weighted by atomic mass is 9.78. The van der Waals surface area contributed by atoms with E-state index in [-0.39, 0.29) is 13.1 Å². The summed E-state index contributed by atoms with van der Waals surface area (Å²) in [7, 11) is 0. The average molecular weight is 929 g/mol. The molecule has 4 saturated heterocycles. The van der Waals surface area contributed by atoms with Crippen LogP contribution in [0.15, 0.2) is 0 Å². The van der Waals surface area contributed by atoms with Crippen LogP contribution in [0.2, 0.25) is 0 Å². The molecule has 3 amide bonds. The molecule has 4 aliphatic rings. The molecule has 64 heavy (non-hydrogen) atoms. The SMILES string of the molecule is CC(=O)NC1C(OC2C(C(=O)O)OC(OC3C(O)C(CO)OC(C(C)(C)C)C3NC(C)=O)C(O)C2O)OC(CO)C(O)C1OC1OC(C(=O)NCCCN)C(OC(C)(C)C)C(O)C1O. The molecule has 0 radical (unpaired) electrons. The number of aliphatic hydroxyl groups excluding tert-OH is 8. The minimum atomic E-state index is -2.24. The number of nitrogens with two attached hydrogens (primary N) is 1. The van der Waals surface area contributed by atoms with Gasteiger partial charge in [-0.3, -0.25) is 14.4 Å². The molecule has 370 valence electrons. The molecule has 25 heteroatoms. The monoisotopic (exact) mass is 928 g/mol. The third-order valence-corrected chi connectivity index (χ3v) is 11.0. The number of carboxylic acids is 1. The summed E-state index contributed by atoms with van der Waals surface area (Å²) >= 11 is 0. The van der Waals surface area contributed by atoms with Crippen molar-refractivity contribution in [1.29, 1.82) is 0 Å². The van der Waals surface area contributed by atoms with Crippen molar-refractivity contribution in [3.8, 4) is 0 Å². The van der Waals surface area contributed by atoms with Gasteiger partial charge < -0.3 is 106 Å². The standard InChI is InChI=1S/C39H68N4O21/c1-14(46)42-18-26(20(48)16(12-44)57-32(18)38(3,4)5)59-37-24(52)22(50)28(31(63-37)34(55)56)61-35-19(43-15(2)47)27(21(49)17(13-45)58-35)60-36-25(53)23(51)29(64-39(6,7)8)30(62-36)33(54)41-11-9-10-40/h16-32,35-37,44-45,48-53H,9-13,40H2,1-8H3,(H,41,54)(H,42,46)(H,43,47)(H,55,56). The number of carboxylic acid groups (broad SMARTS) is 1. The van der Waals surface area contributed by atoms with Gasteiger partial charge in [0.25, 0.3) is 5.91 Å². The number of hydrogen-bond acceptors (Lipinski definition) is 21. The Morgan fingerprint density at radius 3 is 1.55 bits per heavy atom. The first-order chi connectivity index (χ1) is 29.8. The van der Waals surface area contributed by atoms with Crippen molar-refractivity contribution in [2.75, 3.05) is 26.3 Å². The lowest BCUT2D eigenvalue weighted by Crippen LogP contribution is -2.71. The van der Waals surface area contributed by atoms with Crippen LogP contribution in [-0.2, 0) is 57.1 Å². The van der Waals surface area contributed by atoms with E-state index in [4.69, 9.17) is 43.6 Å². The number of ether oxygens (including phenoxy) is 8. The zero-order valence-electron chi connectivity index (χ0n) is 37.1. The predicted molar refractivity (Wildman–Crippen MR) is 213 cm³/mol. The number of aliphatic hydroxyl groups is 8. The van der Waals surface area contributed by atoms with Gasteiger partial charge in [0.05, 0.1) is 31.0 Å². The van der Waals surface area contributed by atoms with Crippen molar-refractivity contribution in [1.82, 2.24) is 16.0 Å². The third kappa shape index (κ3) is 12.8. The first kappa shape index (κ1) is 53.8. The highest BCUT2D eigenvalue weighted by atomic mass is 16.8. The van der Waals surface area contributed by atoms with Gasteiger partial charge >= 0.3 is 5.97 Å². The highest BCUT2D eigenvalue weighted by molar-refractivity contribution is 5.81. The Kier molecular flexibility index (Phi) is 18.8. The minimum Gasteiger partial charge on any atom is -0.479 e. The third-order valence-electron chi connectivity index (χ3n) is 11.0. The predicted octanol–water partition coefficient (Wildman–Crippen LogP) is -5.98. The van der Waals surface area contributed by atoms with Gasteiger partial charge in [-0.15, -0.1) is 0 Å². The fourth-order valence-electron chi connectivity index (χ4n) is 8.01. The summed E-state index contributed by atoms with van der Waals surface area (Å²) < 4.78 is 47.1. The number of hydrogen-bond donors (Lipinski definition) is 13. The molecule has 4 fully saturated rings. The summed E-state index contributed by atoms with van der Waals surface area (Å²) in [4.78, 5) is 51.2. The van der Waals surface area contributed by atoms with Crippen molar-refractivity contribution >= 4 is 23.7 Å². The number of carbonyl (C=O) groups excluding carboxylic acids is 3. The van der Waals surface area contributed by atoms with Crippen LogP contribution >= 0.6 is 0 Å². The zero-order chi connectivity index (χ0) is 48.2. The zero-order valence-corrected chi connectivity index (χ0v) is 37.1. The van der Waals surface area contributed by atoms with E-state index < -0.39 is 170 Å². The van der Waals surface area contributed by atoms with Crippen molar-refractivity contribution < 1.29 is 103 Å². The molecule has 0 aromatic carbocycles. The van der Waals surface area contributed by atoms with E-state index in [0.717, 1.165) is 6.92 Å². The van der Waals surface area contributed by atoms with E-state index in [1.54, 1.807) is 41.5 Å². The first-order valence-electron chi connectivity index (χ1n) is 21.1. The topological polar surface area (TPSA) is 386 Å². The minimum absolute atomic E-state index is 0.106. The second-order valence-electron chi connectivity index (χ2n) is 18.4. The Morgan fingerprint density at radius 1 is 0.609 bits per heavy atom. The average Bonchev–Trinajstić information content (AvgIpc) is 3.19.